The number of carbonyl (C=O) groups is 2. The zero-order valence-electron chi connectivity index (χ0n) is 10.1. The van der Waals surface area contributed by atoms with Crippen molar-refractivity contribution in [1.82, 2.24) is 9.97 Å². The lowest BCUT2D eigenvalue weighted by molar-refractivity contribution is -0.117. The summed E-state index contributed by atoms with van der Waals surface area (Å²) in [6.07, 6.45) is 1.95. The lowest BCUT2D eigenvalue weighted by Gasteiger charge is -2.16. The van der Waals surface area contributed by atoms with E-state index in [9.17, 15) is 9.59 Å². The molecule has 0 N–H and O–H groups in total. The van der Waals surface area contributed by atoms with Crippen LogP contribution < -0.4 is 4.90 Å². The summed E-state index contributed by atoms with van der Waals surface area (Å²) in [5.41, 5.74) is 0. The monoisotopic (exact) mass is 363 g/mol. The number of carbonyl (C=O) groups excluding carboxylic acids is 2. The minimum atomic E-state index is -0.00961. The Bertz CT molecular complexity index is 529. The highest BCUT2D eigenvalue weighted by molar-refractivity contribution is 9.10. The van der Waals surface area contributed by atoms with Gasteiger partial charge in [-0.05, 0) is 33.4 Å². The van der Waals surface area contributed by atoms with Crippen molar-refractivity contribution in [3.8, 4) is 0 Å². The fraction of sp³-hybridized carbons (Fsp3) is 0.455. The molecular formula is C11H11BrClN3O2S. The summed E-state index contributed by atoms with van der Waals surface area (Å²) in [6.45, 7) is 2.07. The van der Waals surface area contributed by atoms with Crippen molar-refractivity contribution in [2.45, 2.75) is 13.3 Å². The molecule has 1 unspecified atom stereocenters. The van der Waals surface area contributed by atoms with E-state index in [2.05, 4.69) is 25.9 Å². The van der Waals surface area contributed by atoms with Crippen LogP contribution in [0.25, 0.3) is 0 Å². The molecule has 8 heteroatoms. The van der Waals surface area contributed by atoms with E-state index < -0.39 is 0 Å². The summed E-state index contributed by atoms with van der Waals surface area (Å²) in [7, 11) is 0. The lowest BCUT2D eigenvalue weighted by atomic mass is 10.1. The Hall–Kier alpha value is -0.660. The summed E-state index contributed by atoms with van der Waals surface area (Å²) in [5, 5.41) is 0.171. The van der Waals surface area contributed by atoms with Crippen LogP contribution in [-0.4, -0.2) is 33.3 Å². The van der Waals surface area contributed by atoms with Crippen LogP contribution in [-0.2, 0) is 9.59 Å². The van der Waals surface area contributed by atoms with E-state index in [1.54, 1.807) is 4.90 Å². The number of nitrogens with zero attached hydrogens (tertiary/aromatic N) is 3. The predicted molar refractivity (Wildman–Crippen MR) is 78.3 cm³/mol. The maximum absolute atomic E-state index is 12.0. The summed E-state index contributed by atoms with van der Waals surface area (Å²) in [5.74, 6) is 1.28. The molecule has 1 atom stereocenters. The molecule has 19 heavy (non-hydrogen) atoms. The highest BCUT2D eigenvalue weighted by Gasteiger charge is 2.32. The molecule has 2 heterocycles. The van der Waals surface area contributed by atoms with Crippen molar-refractivity contribution < 1.29 is 9.59 Å². The Balaban J connectivity index is 2.11. The Labute approximate surface area is 128 Å². The van der Waals surface area contributed by atoms with Gasteiger partial charge in [0.2, 0.25) is 11.2 Å². The first-order chi connectivity index (χ1) is 8.97. The van der Waals surface area contributed by atoms with E-state index in [1.165, 1.54) is 24.9 Å². The van der Waals surface area contributed by atoms with Crippen LogP contribution in [0.2, 0.25) is 5.28 Å². The van der Waals surface area contributed by atoms with Gasteiger partial charge in [0, 0.05) is 31.8 Å². The number of halogens is 2. The number of aromatic nitrogens is 2. The van der Waals surface area contributed by atoms with Crippen LogP contribution in [0.4, 0.5) is 5.82 Å². The summed E-state index contributed by atoms with van der Waals surface area (Å²) in [6, 6.07) is 0. The third-order valence-electron chi connectivity index (χ3n) is 2.68. The zero-order chi connectivity index (χ0) is 14.0. The van der Waals surface area contributed by atoms with Crippen molar-refractivity contribution >= 4 is 56.1 Å². The second-order valence-electron chi connectivity index (χ2n) is 4.19. The maximum atomic E-state index is 12.0. The van der Waals surface area contributed by atoms with Crippen LogP contribution in [0.1, 0.15) is 13.3 Å². The van der Waals surface area contributed by atoms with Gasteiger partial charge < -0.3 is 0 Å². The topological polar surface area (TPSA) is 63.2 Å². The Kier molecular flexibility index (Phi) is 4.81. The first-order valence-electron chi connectivity index (χ1n) is 5.59. The van der Waals surface area contributed by atoms with E-state index >= 15 is 0 Å². The maximum Gasteiger partial charge on any atom is 0.228 e. The van der Waals surface area contributed by atoms with Gasteiger partial charge in [-0.25, -0.2) is 4.98 Å². The average molecular weight is 365 g/mol. The highest BCUT2D eigenvalue weighted by Crippen LogP contribution is 2.31. The van der Waals surface area contributed by atoms with Gasteiger partial charge in [0.1, 0.15) is 0 Å². The molecule has 1 fully saturated rings. The van der Waals surface area contributed by atoms with Crippen molar-refractivity contribution in [3.05, 3.63) is 16.0 Å². The highest BCUT2D eigenvalue weighted by atomic mass is 79.9. The minimum Gasteiger partial charge on any atom is -0.295 e. The molecule has 1 aliphatic rings. The molecule has 0 saturated carbocycles. The first-order valence-corrected chi connectivity index (χ1v) is 7.75. The Morgan fingerprint density at radius 3 is 3.11 bits per heavy atom. The van der Waals surface area contributed by atoms with Crippen molar-refractivity contribution in [3.63, 3.8) is 0 Å². The van der Waals surface area contributed by atoms with Gasteiger partial charge in [-0.1, -0.05) is 11.8 Å². The van der Waals surface area contributed by atoms with Crippen LogP contribution in [0.15, 0.2) is 10.7 Å². The number of amides is 1. The zero-order valence-corrected chi connectivity index (χ0v) is 13.3. The molecule has 1 amide bonds. The van der Waals surface area contributed by atoms with E-state index in [0.717, 1.165) is 0 Å². The van der Waals surface area contributed by atoms with Gasteiger partial charge in [0.25, 0.3) is 0 Å². The number of anilines is 1. The van der Waals surface area contributed by atoms with Crippen molar-refractivity contribution in [1.29, 1.82) is 0 Å². The molecule has 1 aliphatic heterocycles. The quantitative estimate of drug-likeness (QED) is 0.771. The summed E-state index contributed by atoms with van der Waals surface area (Å²) < 4.78 is 0.630. The predicted octanol–water partition coefficient (Wildman–Crippen LogP) is 2.53. The molecule has 0 aromatic carbocycles. The van der Waals surface area contributed by atoms with Gasteiger partial charge in [0.15, 0.2) is 10.9 Å². The average Bonchev–Trinajstić information content (AvgIpc) is 2.71. The third kappa shape index (κ3) is 3.67. The van der Waals surface area contributed by atoms with Crippen LogP contribution in [0, 0.1) is 5.92 Å². The molecular weight excluding hydrogens is 354 g/mol. The number of hydrogen-bond acceptors (Lipinski definition) is 5. The van der Waals surface area contributed by atoms with E-state index in [-0.39, 0.29) is 22.2 Å². The Morgan fingerprint density at radius 2 is 2.42 bits per heavy atom. The largest absolute Gasteiger partial charge is 0.295 e. The first kappa shape index (κ1) is 14.7. The SMILES string of the molecule is CC(=O)SCC1CC(=O)N(c2nc(Cl)ncc2Br)C1. The number of thioether (sulfide) groups is 1. The molecule has 1 aromatic heterocycles. The minimum absolute atomic E-state index is 0.00961. The molecule has 0 aliphatic carbocycles. The van der Waals surface area contributed by atoms with Gasteiger partial charge in [0.05, 0.1) is 4.47 Å². The second kappa shape index (κ2) is 6.19. The molecule has 0 radical (unpaired) electrons. The normalized spacial score (nSPS) is 19.0. The summed E-state index contributed by atoms with van der Waals surface area (Å²) in [4.78, 5) is 32.4. The van der Waals surface area contributed by atoms with Crippen LogP contribution in [0.5, 0.6) is 0 Å². The number of hydrogen-bond donors (Lipinski definition) is 0. The van der Waals surface area contributed by atoms with Gasteiger partial charge >= 0.3 is 0 Å². The molecule has 102 valence electrons. The van der Waals surface area contributed by atoms with Crippen molar-refractivity contribution in [2.24, 2.45) is 5.92 Å². The third-order valence-corrected chi connectivity index (χ3v) is 4.47. The molecule has 5 nitrogen and oxygen atoms in total. The Morgan fingerprint density at radius 1 is 1.68 bits per heavy atom. The molecule has 2 rings (SSSR count). The van der Waals surface area contributed by atoms with Crippen LogP contribution in [0.3, 0.4) is 0 Å². The van der Waals surface area contributed by atoms with Crippen molar-refractivity contribution in [2.75, 3.05) is 17.2 Å². The number of rotatable bonds is 3. The fourth-order valence-electron chi connectivity index (χ4n) is 1.86. The molecule has 1 aromatic rings. The second-order valence-corrected chi connectivity index (χ2v) is 6.58. The molecule has 1 saturated heterocycles. The lowest BCUT2D eigenvalue weighted by Crippen LogP contribution is -2.26. The van der Waals surface area contributed by atoms with E-state index in [0.29, 0.717) is 29.0 Å². The molecule has 0 spiro atoms. The smallest absolute Gasteiger partial charge is 0.228 e. The van der Waals surface area contributed by atoms with Crippen LogP contribution >= 0.6 is 39.3 Å². The standard InChI is InChI=1S/C11H11BrClN3O2S/c1-6(17)19-5-7-2-9(18)16(4-7)10-8(12)3-14-11(13)15-10/h3,7H,2,4-5H2,1H3. The van der Waals surface area contributed by atoms with E-state index in [1.807, 2.05) is 0 Å². The summed E-state index contributed by atoms with van der Waals surface area (Å²) >= 11 is 10.3. The van der Waals surface area contributed by atoms with Gasteiger partial charge in [-0.15, -0.1) is 0 Å². The van der Waals surface area contributed by atoms with Gasteiger partial charge in [-0.2, -0.15) is 4.98 Å². The van der Waals surface area contributed by atoms with E-state index in [4.69, 9.17) is 11.6 Å². The fourth-order valence-corrected chi connectivity index (χ4v) is 3.09. The van der Waals surface area contributed by atoms with Gasteiger partial charge in [-0.3, -0.25) is 14.5 Å². The molecule has 0 bridgehead atoms.